The zero-order valence-corrected chi connectivity index (χ0v) is 17.2. The summed E-state index contributed by atoms with van der Waals surface area (Å²) in [5, 5.41) is 2.88. The summed E-state index contributed by atoms with van der Waals surface area (Å²) < 4.78 is 5.30. The molecule has 2 aliphatic heterocycles. The molecule has 2 heterocycles. The first kappa shape index (κ1) is 21.0. The average Bonchev–Trinajstić information content (AvgIpc) is 2.58. The molecule has 0 aromatic heterocycles. The minimum atomic E-state index is -0.477. The fourth-order valence-electron chi connectivity index (χ4n) is 3.81. The molecule has 0 spiro atoms. The van der Waals surface area contributed by atoms with Gasteiger partial charge in [-0.2, -0.15) is 0 Å². The summed E-state index contributed by atoms with van der Waals surface area (Å²) in [6.45, 7) is 14.1. The average molecular weight is 368 g/mol. The molecule has 0 saturated carbocycles. The number of alkyl carbamates (subject to hydrolysis) is 1. The summed E-state index contributed by atoms with van der Waals surface area (Å²) in [4.78, 5) is 29.0. The van der Waals surface area contributed by atoms with Crippen LogP contribution in [-0.4, -0.2) is 66.2 Å². The Kier molecular flexibility index (Phi) is 7.33. The first-order chi connectivity index (χ1) is 12.2. The van der Waals surface area contributed by atoms with Crippen molar-refractivity contribution in [1.29, 1.82) is 0 Å². The van der Waals surface area contributed by atoms with Gasteiger partial charge in [0, 0.05) is 26.2 Å². The maximum atomic E-state index is 12.8. The third kappa shape index (κ3) is 6.45. The normalized spacial score (nSPS) is 24.2. The van der Waals surface area contributed by atoms with Gasteiger partial charge in [0.1, 0.15) is 5.60 Å². The van der Waals surface area contributed by atoms with E-state index in [4.69, 9.17) is 4.74 Å². The minimum Gasteiger partial charge on any atom is -0.444 e. The summed E-state index contributed by atoms with van der Waals surface area (Å²) in [5.41, 5.74) is -0.477. The Balaban J connectivity index is 1.79. The molecular weight excluding hydrogens is 330 g/mol. The van der Waals surface area contributed by atoms with Gasteiger partial charge in [-0.25, -0.2) is 4.79 Å². The lowest BCUT2D eigenvalue weighted by Crippen LogP contribution is -2.52. The Hall–Kier alpha value is -1.30. The molecule has 0 aromatic rings. The van der Waals surface area contributed by atoms with Crippen LogP contribution in [-0.2, 0) is 9.53 Å². The van der Waals surface area contributed by atoms with E-state index in [0.717, 1.165) is 57.8 Å². The number of nitrogens with zero attached hydrogens (tertiary/aromatic N) is 2. The van der Waals surface area contributed by atoms with Crippen LogP contribution in [0.2, 0.25) is 0 Å². The second-order valence-corrected chi connectivity index (χ2v) is 9.07. The Bertz CT molecular complexity index is 481. The van der Waals surface area contributed by atoms with Crippen LogP contribution >= 0.6 is 0 Å². The lowest BCUT2D eigenvalue weighted by Gasteiger charge is -2.39. The van der Waals surface area contributed by atoms with Crippen LogP contribution in [0.25, 0.3) is 0 Å². The van der Waals surface area contributed by atoms with Crippen molar-refractivity contribution in [3.8, 4) is 0 Å². The van der Waals surface area contributed by atoms with Gasteiger partial charge in [0.05, 0.1) is 6.04 Å². The minimum absolute atomic E-state index is 0.0762. The van der Waals surface area contributed by atoms with E-state index in [9.17, 15) is 9.59 Å². The number of nitrogens with one attached hydrogen (secondary N) is 1. The van der Waals surface area contributed by atoms with E-state index < -0.39 is 5.60 Å². The fourth-order valence-corrected chi connectivity index (χ4v) is 3.81. The summed E-state index contributed by atoms with van der Waals surface area (Å²) in [6, 6.07) is -0.0762. The Labute approximate surface area is 158 Å². The van der Waals surface area contributed by atoms with Crippen LogP contribution in [0, 0.1) is 11.8 Å². The summed E-state index contributed by atoms with van der Waals surface area (Å²) in [6.07, 6.45) is 4.01. The number of piperidine rings is 2. The van der Waals surface area contributed by atoms with Gasteiger partial charge in [-0.3, -0.25) is 9.69 Å². The van der Waals surface area contributed by atoms with Crippen LogP contribution in [0.1, 0.15) is 60.3 Å². The Morgan fingerprint density at radius 2 is 1.81 bits per heavy atom. The highest BCUT2D eigenvalue weighted by Gasteiger charge is 2.31. The maximum Gasteiger partial charge on any atom is 0.407 e. The predicted octanol–water partition coefficient (Wildman–Crippen LogP) is 2.87. The van der Waals surface area contributed by atoms with Crippen molar-refractivity contribution in [2.24, 2.45) is 11.8 Å². The summed E-state index contributed by atoms with van der Waals surface area (Å²) >= 11 is 0. The van der Waals surface area contributed by atoms with Gasteiger partial charge in [0.2, 0.25) is 5.91 Å². The molecule has 26 heavy (non-hydrogen) atoms. The van der Waals surface area contributed by atoms with Crippen molar-refractivity contribution >= 4 is 12.0 Å². The fraction of sp³-hybridized carbons (Fsp3) is 0.900. The molecule has 2 amide bonds. The van der Waals surface area contributed by atoms with Crippen molar-refractivity contribution in [3.63, 3.8) is 0 Å². The molecule has 2 aliphatic rings. The predicted molar refractivity (Wildman–Crippen MR) is 103 cm³/mol. The summed E-state index contributed by atoms with van der Waals surface area (Å²) in [7, 11) is 0. The van der Waals surface area contributed by atoms with E-state index in [1.807, 2.05) is 32.6 Å². The quantitative estimate of drug-likeness (QED) is 0.830. The standard InChI is InChI=1S/C20H37N3O3/c1-15-8-11-22(12-9-15)18(24)16(2)23-10-6-7-17(14-23)13-21-19(25)26-20(3,4)5/h15-17H,6-14H2,1-5H3,(H,21,25). The third-order valence-electron chi connectivity index (χ3n) is 5.48. The van der Waals surface area contributed by atoms with E-state index >= 15 is 0 Å². The summed E-state index contributed by atoms with van der Waals surface area (Å²) in [5.74, 6) is 1.36. The zero-order valence-electron chi connectivity index (χ0n) is 17.2. The largest absolute Gasteiger partial charge is 0.444 e. The molecule has 6 nitrogen and oxygen atoms in total. The topological polar surface area (TPSA) is 61.9 Å². The zero-order chi connectivity index (χ0) is 19.3. The molecule has 1 N–H and O–H groups in total. The molecule has 2 fully saturated rings. The number of hydrogen-bond acceptors (Lipinski definition) is 4. The van der Waals surface area contributed by atoms with Crippen LogP contribution in [0.5, 0.6) is 0 Å². The van der Waals surface area contributed by atoms with Crippen LogP contribution < -0.4 is 5.32 Å². The van der Waals surface area contributed by atoms with Crippen LogP contribution in [0.4, 0.5) is 4.79 Å². The Morgan fingerprint density at radius 1 is 1.15 bits per heavy atom. The smallest absolute Gasteiger partial charge is 0.407 e. The number of ether oxygens (including phenoxy) is 1. The number of carbonyl (C=O) groups is 2. The van der Waals surface area contributed by atoms with Crippen LogP contribution in [0.15, 0.2) is 0 Å². The van der Waals surface area contributed by atoms with Gasteiger partial charge in [-0.15, -0.1) is 0 Å². The molecule has 2 atom stereocenters. The van der Waals surface area contributed by atoms with Gasteiger partial charge in [-0.1, -0.05) is 6.92 Å². The molecule has 0 radical (unpaired) electrons. The van der Waals surface area contributed by atoms with Crippen LogP contribution in [0.3, 0.4) is 0 Å². The number of rotatable bonds is 4. The highest BCUT2D eigenvalue weighted by molar-refractivity contribution is 5.81. The van der Waals surface area contributed by atoms with E-state index in [1.165, 1.54) is 0 Å². The Morgan fingerprint density at radius 3 is 2.42 bits per heavy atom. The van der Waals surface area contributed by atoms with E-state index in [1.54, 1.807) is 0 Å². The second kappa shape index (κ2) is 9.07. The monoisotopic (exact) mass is 367 g/mol. The molecular formula is C20H37N3O3. The van der Waals surface area contributed by atoms with Crippen molar-refractivity contribution in [2.45, 2.75) is 71.9 Å². The lowest BCUT2D eigenvalue weighted by molar-refractivity contribution is -0.138. The first-order valence-electron chi connectivity index (χ1n) is 10.2. The van der Waals surface area contributed by atoms with Gasteiger partial charge in [0.15, 0.2) is 0 Å². The van der Waals surface area contributed by atoms with E-state index in [2.05, 4.69) is 17.1 Å². The number of hydrogen-bond donors (Lipinski definition) is 1. The van der Waals surface area contributed by atoms with Crippen molar-refractivity contribution in [3.05, 3.63) is 0 Å². The number of likely N-dealkylation sites (tertiary alicyclic amines) is 2. The van der Waals surface area contributed by atoms with Gasteiger partial charge in [-0.05, 0) is 71.8 Å². The third-order valence-corrected chi connectivity index (χ3v) is 5.48. The van der Waals surface area contributed by atoms with Gasteiger partial charge < -0.3 is 15.0 Å². The second-order valence-electron chi connectivity index (χ2n) is 9.07. The SMILES string of the molecule is CC1CCN(C(=O)C(C)N2CCCC(CNC(=O)OC(C)(C)C)C2)CC1. The van der Waals surface area contributed by atoms with Crippen molar-refractivity contribution in [2.75, 3.05) is 32.7 Å². The van der Waals surface area contributed by atoms with Crippen molar-refractivity contribution < 1.29 is 14.3 Å². The highest BCUT2D eigenvalue weighted by atomic mass is 16.6. The molecule has 2 rings (SSSR count). The molecule has 0 bridgehead atoms. The molecule has 6 heteroatoms. The molecule has 0 aromatic carbocycles. The first-order valence-corrected chi connectivity index (χ1v) is 10.2. The van der Waals surface area contributed by atoms with Gasteiger partial charge in [0.25, 0.3) is 0 Å². The number of amides is 2. The molecule has 150 valence electrons. The van der Waals surface area contributed by atoms with Gasteiger partial charge >= 0.3 is 6.09 Å². The van der Waals surface area contributed by atoms with E-state index in [0.29, 0.717) is 12.5 Å². The molecule has 2 saturated heterocycles. The number of carbonyl (C=O) groups excluding carboxylic acids is 2. The molecule has 0 aliphatic carbocycles. The lowest BCUT2D eigenvalue weighted by atomic mass is 9.95. The molecule has 2 unspecified atom stereocenters. The van der Waals surface area contributed by atoms with E-state index in [-0.39, 0.29) is 18.0 Å². The van der Waals surface area contributed by atoms with Crippen molar-refractivity contribution in [1.82, 2.24) is 15.1 Å². The maximum absolute atomic E-state index is 12.8. The highest BCUT2D eigenvalue weighted by Crippen LogP contribution is 2.21.